The van der Waals surface area contributed by atoms with Crippen LogP contribution in [-0.2, 0) is 16.0 Å². The molecule has 2 rings (SSSR count). The van der Waals surface area contributed by atoms with E-state index in [1.54, 1.807) is 12.5 Å². The Labute approximate surface area is 106 Å². The van der Waals surface area contributed by atoms with Crippen LogP contribution in [-0.4, -0.2) is 33.9 Å². The summed E-state index contributed by atoms with van der Waals surface area (Å²) < 4.78 is 0. The number of aromatic nitrogens is 2. The maximum absolute atomic E-state index is 11.9. The average Bonchev–Trinajstić information content (AvgIpc) is 2.77. The van der Waals surface area contributed by atoms with Gasteiger partial charge in [0.25, 0.3) is 0 Å². The Balaban J connectivity index is 1.97. The van der Waals surface area contributed by atoms with Gasteiger partial charge in [-0.1, -0.05) is 13.8 Å². The highest BCUT2D eigenvalue weighted by Crippen LogP contribution is 2.10. The van der Waals surface area contributed by atoms with Crippen LogP contribution in [0, 0.1) is 5.92 Å². The van der Waals surface area contributed by atoms with E-state index in [0.717, 1.165) is 5.69 Å². The number of hydrogen-bond acceptors (Lipinski definition) is 3. The molecule has 1 saturated heterocycles. The van der Waals surface area contributed by atoms with Gasteiger partial charge in [0.05, 0.1) is 6.33 Å². The van der Waals surface area contributed by atoms with Crippen molar-refractivity contribution in [1.82, 2.24) is 20.6 Å². The Morgan fingerprint density at radius 2 is 1.89 bits per heavy atom. The number of amides is 2. The summed E-state index contributed by atoms with van der Waals surface area (Å²) in [6, 6.07) is -0.920. The lowest BCUT2D eigenvalue weighted by molar-refractivity contribution is -0.137. The number of nitrogens with one attached hydrogen (secondary N) is 3. The van der Waals surface area contributed by atoms with Crippen molar-refractivity contribution < 1.29 is 9.59 Å². The molecule has 0 aliphatic carbocycles. The SMILES string of the molecule is CC(C)C[C@@H]1NC(=O)[C@H](Cc2cnc[nH]2)NC1=O. The summed E-state index contributed by atoms with van der Waals surface area (Å²) in [5.74, 6) is 0.132. The second-order valence-corrected chi connectivity index (χ2v) is 5.03. The van der Waals surface area contributed by atoms with Gasteiger partial charge in [0, 0.05) is 18.3 Å². The summed E-state index contributed by atoms with van der Waals surface area (Å²) in [4.78, 5) is 30.6. The molecule has 0 saturated carbocycles. The van der Waals surface area contributed by atoms with Crippen LogP contribution in [0.2, 0.25) is 0 Å². The predicted molar refractivity (Wildman–Crippen MR) is 65.6 cm³/mol. The van der Waals surface area contributed by atoms with E-state index >= 15 is 0 Å². The molecule has 1 aromatic heterocycles. The van der Waals surface area contributed by atoms with E-state index in [1.165, 1.54) is 0 Å². The molecule has 2 atom stereocenters. The largest absolute Gasteiger partial charge is 0.348 e. The number of hydrogen-bond donors (Lipinski definition) is 3. The Morgan fingerprint density at radius 3 is 2.50 bits per heavy atom. The molecule has 0 aromatic carbocycles. The molecular formula is C12H18N4O2. The van der Waals surface area contributed by atoms with Crippen LogP contribution in [0.5, 0.6) is 0 Å². The molecule has 2 heterocycles. The monoisotopic (exact) mass is 250 g/mol. The summed E-state index contributed by atoms with van der Waals surface area (Å²) in [6.07, 6.45) is 4.30. The second kappa shape index (κ2) is 5.20. The molecule has 1 fully saturated rings. The van der Waals surface area contributed by atoms with Crippen molar-refractivity contribution in [3.63, 3.8) is 0 Å². The van der Waals surface area contributed by atoms with Crippen molar-refractivity contribution in [3.8, 4) is 0 Å². The van der Waals surface area contributed by atoms with Gasteiger partial charge in [0.15, 0.2) is 0 Å². The van der Waals surface area contributed by atoms with Gasteiger partial charge < -0.3 is 15.6 Å². The minimum absolute atomic E-state index is 0.104. The molecule has 1 aromatic rings. The molecule has 1 aliphatic rings. The Kier molecular flexibility index (Phi) is 3.64. The second-order valence-electron chi connectivity index (χ2n) is 5.03. The number of aromatic amines is 1. The van der Waals surface area contributed by atoms with Gasteiger partial charge in [-0.2, -0.15) is 0 Å². The number of carbonyl (C=O) groups excluding carboxylic acids is 2. The molecule has 98 valence electrons. The average molecular weight is 250 g/mol. The first-order valence-corrected chi connectivity index (χ1v) is 6.14. The Morgan fingerprint density at radius 1 is 1.22 bits per heavy atom. The van der Waals surface area contributed by atoms with Gasteiger partial charge in [-0.3, -0.25) is 9.59 Å². The molecule has 18 heavy (non-hydrogen) atoms. The van der Waals surface area contributed by atoms with Crippen molar-refractivity contribution in [3.05, 3.63) is 18.2 Å². The number of nitrogens with zero attached hydrogens (tertiary/aromatic N) is 1. The van der Waals surface area contributed by atoms with E-state index in [4.69, 9.17) is 0 Å². The lowest BCUT2D eigenvalue weighted by atomic mass is 9.99. The van der Waals surface area contributed by atoms with Crippen LogP contribution in [0.3, 0.4) is 0 Å². The van der Waals surface area contributed by atoms with E-state index in [-0.39, 0.29) is 11.8 Å². The minimum Gasteiger partial charge on any atom is -0.348 e. The van der Waals surface area contributed by atoms with Gasteiger partial charge in [0.2, 0.25) is 11.8 Å². The van der Waals surface area contributed by atoms with Crippen LogP contribution in [0.15, 0.2) is 12.5 Å². The molecule has 1 aliphatic heterocycles. The number of H-pyrrole nitrogens is 1. The lowest BCUT2D eigenvalue weighted by Gasteiger charge is -2.30. The zero-order valence-electron chi connectivity index (χ0n) is 10.6. The maximum Gasteiger partial charge on any atom is 0.243 e. The molecule has 2 amide bonds. The summed E-state index contributed by atoms with van der Waals surface area (Å²) in [6.45, 7) is 4.05. The normalized spacial score (nSPS) is 23.9. The zero-order valence-corrected chi connectivity index (χ0v) is 10.6. The van der Waals surface area contributed by atoms with Crippen LogP contribution in [0.1, 0.15) is 26.0 Å². The van der Waals surface area contributed by atoms with E-state index in [2.05, 4.69) is 20.6 Å². The molecule has 6 heteroatoms. The maximum atomic E-state index is 11.9. The highest BCUT2D eigenvalue weighted by atomic mass is 16.2. The van der Waals surface area contributed by atoms with Crippen molar-refractivity contribution in [2.45, 2.75) is 38.8 Å². The third-order valence-electron chi connectivity index (χ3n) is 2.95. The zero-order chi connectivity index (χ0) is 13.1. The first-order chi connectivity index (χ1) is 8.56. The number of rotatable bonds is 4. The Hall–Kier alpha value is -1.85. The summed E-state index contributed by atoms with van der Waals surface area (Å²) in [7, 11) is 0. The summed E-state index contributed by atoms with van der Waals surface area (Å²) >= 11 is 0. The van der Waals surface area contributed by atoms with Gasteiger partial charge >= 0.3 is 0 Å². The molecule has 0 radical (unpaired) electrons. The molecule has 0 spiro atoms. The van der Waals surface area contributed by atoms with Gasteiger partial charge in [-0.15, -0.1) is 0 Å². The smallest absolute Gasteiger partial charge is 0.243 e. The topological polar surface area (TPSA) is 86.9 Å². The first-order valence-electron chi connectivity index (χ1n) is 6.14. The molecule has 0 unspecified atom stereocenters. The predicted octanol–water partition coefficient (Wildman–Crippen LogP) is -0.0185. The van der Waals surface area contributed by atoms with E-state index in [1.807, 2.05) is 13.8 Å². The fourth-order valence-corrected chi connectivity index (χ4v) is 2.07. The third-order valence-corrected chi connectivity index (χ3v) is 2.95. The van der Waals surface area contributed by atoms with Gasteiger partial charge in [-0.05, 0) is 12.3 Å². The van der Waals surface area contributed by atoms with Crippen LogP contribution >= 0.6 is 0 Å². The van der Waals surface area contributed by atoms with Crippen molar-refractivity contribution in [1.29, 1.82) is 0 Å². The lowest BCUT2D eigenvalue weighted by Crippen LogP contribution is -2.62. The van der Waals surface area contributed by atoms with Gasteiger partial charge in [-0.25, -0.2) is 4.98 Å². The molecule has 6 nitrogen and oxygen atoms in total. The highest BCUT2D eigenvalue weighted by molar-refractivity contribution is 5.97. The summed E-state index contributed by atoms with van der Waals surface area (Å²) in [5, 5.41) is 5.54. The van der Waals surface area contributed by atoms with E-state index in [0.29, 0.717) is 18.8 Å². The molecular weight excluding hydrogens is 232 g/mol. The first kappa shape index (κ1) is 12.6. The quantitative estimate of drug-likeness (QED) is 0.702. The summed E-state index contributed by atoms with van der Waals surface area (Å²) in [5.41, 5.74) is 0.831. The standard InChI is InChI=1S/C12H18N4O2/c1-7(2)3-9-11(17)16-10(12(18)15-9)4-8-5-13-6-14-8/h5-7,9-10H,3-4H2,1-2H3,(H,13,14)(H,15,18)(H,16,17)/t9-,10-/m0/s1. The highest BCUT2D eigenvalue weighted by Gasteiger charge is 2.33. The fraction of sp³-hybridized carbons (Fsp3) is 0.583. The van der Waals surface area contributed by atoms with Crippen molar-refractivity contribution in [2.24, 2.45) is 5.92 Å². The van der Waals surface area contributed by atoms with Crippen LogP contribution < -0.4 is 10.6 Å². The van der Waals surface area contributed by atoms with Crippen LogP contribution in [0.4, 0.5) is 0 Å². The van der Waals surface area contributed by atoms with E-state index in [9.17, 15) is 9.59 Å². The number of piperazine rings is 1. The molecule has 3 N–H and O–H groups in total. The van der Waals surface area contributed by atoms with Gasteiger partial charge in [0.1, 0.15) is 12.1 Å². The number of imidazole rings is 1. The Bertz CT molecular complexity index is 427. The minimum atomic E-state index is -0.513. The van der Waals surface area contributed by atoms with E-state index < -0.39 is 12.1 Å². The van der Waals surface area contributed by atoms with Crippen LogP contribution in [0.25, 0.3) is 0 Å². The molecule has 0 bridgehead atoms. The van der Waals surface area contributed by atoms with Crippen molar-refractivity contribution >= 4 is 11.8 Å². The fourth-order valence-electron chi connectivity index (χ4n) is 2.07. The number of carbonyl (C=O) groups is 2. The van der Waals surface area contributed by atoms with Crippen molar-refractivity contribution in [2.75, 3.05) is 0 Å². The third kappa shape index (κ3) is 2.88.